The Hall–Kier alpha value is -1.14. The average Bonchev–Trinajstić information content (AvgIpc) is 2.40. The van der Waals surface area contributed by atoms with Crippen LogP contribution in [0.1, 0.15) is 20.8 Å². The zero-order valence-corrected chi connectivity index (χ0v) is 13.3. The van der Waals surface area contributed by atoms with Crippen LogP contribution in [0.5, 0.6) is 5.75 Å². The normalized spacial score (nSPS) is 15.3. The first-order valence-electron chi connectivity index (χ1n) is 6.38. The molecular weight excluding hydrogens is 329 g/mol. The highest BCUT2D eigenvalue weighted by Gasteiger charge is 2.20. The van der Waals surface area contributed by atoms with E-state index in [0.29, 0.717) is 10.2 Å². The molecule has 0 heterocycles. The summed E-state index contributed by atoms with van der Waals surface area (Å²) >= 11 is 3.18. The number of aliphatic hydroxyl groups is 1. The molecule has 1 rings (SSSR count). The van der Waals surface area contributed by atoms with E-state index >= 15 is 0 Å². The predicted octanol–water partition coefficient (Wildman–Crippen LogP) is 2.49. The van der Waals surface area contributed by atoms with Crippen LogP contribution in [0.2, 0.25) is 0 Å². The molecule has 0 saturated heterocycles. The Bertz CT molecular complexity index is 470. The molecule has 0 aliphatic rings. The summed E-state index contributed by atoms with van der Waals surface area (Å²) < 4.78 is 18.9. The van der Waals surface area contributed by atoms with Crippen LogP contribution in [0, 0.1) is 11.7 Å². The Morgan fingerprint density at radius 2 is 2.10 bits per heavy atom. The van der Waals surface area contributed by atoms with E-state index in [1.54, 1.807) is 6.92 Å². The number of hydrogen-bond donors (Lipinski definition) is 2. The van der Waals surface area contributed by atoms with Gasteiger partial charge in [0.15, 0.2) is 6.10 Å². The number of amides is 1. The molecular formula is C14H19BrFNO3. The summed E-state index contributed by atoms with van der Waals surface area (Å²) in [6, 6.07) is 3.84. The summed E-state index contributed by atoms with van der Waals surface area (Å²) in [4.78, 5) is 11.9. The Labute approximate surface area is 126 Å². The van der Waals surface area contributed by atoms with Gasteiger partial charge in [-0.2, -0.15) is 0 Å². The molecule has 1 amide bonds. The summed E-state index contributed by atoms with van der Waals surface area (Å²) in [5.74, 6) is -0.304. The Morgan fingerprint density at radius 3 is 2.65 bits per heavy atom. The van der Waals surface area contributed by atoms with Crippen molar-refractivity contribution in [1.29, 1.82) is 0 Å². The minimum atomic E-state index is -0.717. The fraction of sp³-hybridized carbons (Fsp3) is 0.500. The maximum atomic E-state index is 13.0. The zero-order chi connectivity index (χ0) is 15.3. The molecule has 0 aliphatic heterocycles. The van der Waals surface area contributed by atoms with Crippen molar-refractivity contribution < 1.29 is 19.0 Å². The molecule has 112 valence electrons. The summed E-state index contributed by atoms with van der Waals surface area (Å²) in [6.45, 7) is 5.27. The van der Waals surface area contributed by atoms with Gasteiger partial charge in [-0.15, -0.1) is 0 Å². The summed E-state index contributed by atoms with van der Waals surface area (Å²) in [5.41, 5.74) is 0. The molecule has 0 radical (unpaired) electrons. The maximum Gasteiger partial charge on any atom is 0.260 e. The summed E-state index contributed by atoms with van der Waals surface area (Å²) in [7, 11) is 0. The summed E-state index contributed by atoms with van der Waals surface area (Å²) in [5, 5.41) is 11.8. The van der Waals surface area contributed by atoms with E-state index in [-0.39, 0.29) is 30.3 Å². The van der Waals surface area contributed by atoms with Gasteiger partial charge in [0.25, 0.3) is 5.91 Å². The predicted molar refractivity (Wildman–Crippen MR) is 78.0 cm³/mol. The molecule has 0 aromatic heterocycles. The molecule has 3 unspecified atom stereocenters. The number of benzene rings is 1. The largest absolute Gasteiger partial charge is 0.480 e. The number of ether oxygens (including phenoxy) is 1. The van der Waals surface area contributed by atoms with Gasteiger partial charge in [-0.3, -0.25) is 4.79 Å². The van der Waals surface area contributed by atoms with Crippen molar-refractivity contribution in [3.05, 3.63) is 28.5 Å². The molecule has 0 aliphatic carbocycles. The van der Waals surface area contributed by atoms with Crippen LogP contribution < -0.4 is 10.1 Å². The van der Waals surface area contributed by atoms with Crippen molar-refractivity contribution in [2.45, 2.75) is 32.9 Å². The van der Waals surface area contributed by atoms with Crippen LogP contribution >= 0.6 is 15.9 Å². The van der Waals surface area contributed by atoms with Crippen molar-refractivity contribution >= 4 is 21.8 Å². The smallest absolute Gasteiger partial charge is 0.260 e. The van der Waals surface area contributed by atoms with E-state index in [4.69, 9.17) is 9.84 Å². The third-order valence-electron chi connectivity index (χ3n) is 3.08. The number of hydrogen-bond acceptors (Lipinski definition) is 3. The monoisotopic (exact) mass is 347 g/mol. The van der Waals surface area contributed by atoms with Crippen LogP contribution in [0.25, 0.3) is 0 Å². The zero-order valence-electron chi connectivity index (χ0n) is 11.7. The van der Waals surface area contributed by atoms with Crippen molar-refractivity contribution in [3.8, 4) is 5.75 Å². The van der Waals surface area contributed by atoms with E-state index in [2.05, 4.69) is 21.2 Å². The topological polar surface area (TPSA) is 58.6 Å². The second-order valence-corrected chi connectivity index (χ2v) is 5.65. The number of halogens is 2. The van der Waals surface area contributed by atoms with Crippen LogP contribution in [0.3, 0.4) is 0 Å². The lowest BCUT2D eigenvalue weighted by atomic mass is 10.1. The Kier molecular flexibility index (Phi) is 6.42. The lowest BCUT2D eigenvalue weighted by Crippen LogP contribution is -2.44. The molecule has 0 bridgehead atoms. The van der Waals surface area contributed by atoms with Crippen LogP contribution in [0.15, 0.2) is 22.7 Å². The molecule has 0 fully saturated rings. The number of rotatable bonds is 6. The van der Waals surface area contributed by atoms with Gasteiger partial charge in [0.2, 0.25) is 0 Å². The van der Waals surface area contributed by atoms with E-state index in [0.717, 1.165) is 0 Å². The van der Waals surface area contributed by atoms with Gasteiger partial charge < -0.3 is 15.2 Å². The second kappa shape index (κ2) is 7.59. The average molecular weight is 348 g/mol. The lowest BCUT2D eigenvalue weighted by Gasteiger charge is -2.22. The molecule has 6 heteroatoms. The van der Waals surface area contributed by atoms with Crippen LogP contribution in [0.4, 0.5) is 4.39 Å². The minimum absolute atomic E-state index is 0.000193. The lowest BCUT2D eigenvalue weighted by molar-refractivity contribution is -0.128. The van der Waals surface area contributed by atoms with Gasteiger partial charge in [0.1, 0.15) is 11.6 Å². The van der Waals surface area contributed by atoms with Crippen molar-refractivity contribution in [1.82, 2.24) is 5.32 Å². The molecule has 1 aromatic carbocycles. The Morgan fingerprint density at radius 1 is 1.45 bits per heavy atom. The second-order valence-electron chi connectivity index (χ2n) is 4.79. The number of carbonyl (C=O) groups excluding carboxylic acids is 1. The molecule has 2 N–H and O–H groups in total. The molecule has 3 atom stereocenters. The highest BCUT2D eigenvalue weighted by atomic mass is 79.9. The van der Waals surface area contributed by atoms with Crippen molar-refractivity contribution in [3.63, 3.8) is 0 Å². The van der Waals surface area contributed by atoms with Crippen LogP contribution in [-0.2, 0) is 4.79 Å². The third-order valence-corrected chi connectivity index (χ3v) is 3.70. The van der Waals surface area contributed by atoms with Gasteiger partial charge in [-0.05, 0) is 53.9 Å². The first-order chi connectivity index (χ1) is 9.35. The number of nitrogens with one attached hydrogen (secondary N) is 1. The van der Waals surface area contributed by atoms with Gasteiger partial charge >= 0.3 is 0 Å². The standard InChI is InChI=1S/C14H19BrFNO3/c1-8(7-18)9(2)17-14(19)10(3)20-13-5-4-11(16)6-12(13)15/h4-6,8-10,18H,7H2,1-3H3,(H,17,19). The maximum absolute atomic E-state index is 13.0. The highest BCUT2D eigenvalue weighted by Crippen LogP contribution is 2.26. The van der Waals surface area contributed by atoms with Gasteiger partial charge in [0.05, 0.1) is 4.47 Å². The van der Waals surface area contributed by atoms with Crippen molar-refractivity contribution in [2.24, 2.45) is 5.92 Å². The third kappa shape index (κ3) is 4.76. The fourth-order valence-corrected chi connectivity index (χ4v) is 1.90. The first kappa shape index (κ1) is 16.9. The number of carbonyl (C=O) groups is 1. The fourth-order valence-electron chi connectivity index (χ4n) is 1.46. The van der Waals surface area contributed by atoms with Gasteiger partial charge in [-0.25, -0.2) is 4.39 Å². The van der Waals surface area contributed by atoms with Crippen LogP contribution in [-0.4, -0.2) is 29.8 Å². The highest BCUT2D eigenvalue weighted by molar-refractivity contribution is 9.10. The minimum Gasteiger partial charge on any atom is -0.480 e. The molecule has 20 heavy (non-hydrogen) atoms. The van der Waals surface area contributed by atoms with E-state index in [1.165, 1.54) is 18.2 Å². The summed E-state index contributed by atoms with van der Waals surface area (Å²) in [6.07, 6.45) is -0.717. The van der Waals surface area contributed by atoms with Crippen molar-refractivity contribution in [2.75, 3.05) is 6.61 Å². The quantitative estimate of drug-likeness (QED) is 0.831. The molecule has 0 saturated carbocycles. The van der Waals surface area contributed by atoms with Gasteiger partial charge in [-0.1, -0.05) is 6.92 Å². The van der Waals surface area contributed by atoms with E-state index < -0.39 is 6.10 Å². The van der Waals surface area contributed by atoms with Gasteiger partial charge in [0, 0.05) is 12.6 Å². The first-order valence-corrected chi connectivity index (χ1v) is 7.17. The number of aliphatic hydroxyl groups excluding tert-OH is 1. The van der Waals surface area contributed by atoms with E-state index in [1.807, 2.05) is 13.8 Å². The molecule has 4 nitrogen and oxygen atoms in total. The Balaban J connectivity index is 2.61. The van der Waals surface area contributed by atoms with E-state index in [9.17, 15) is 9.18 Å². The molecule has 1 aromatic rings. The SMILES string of the molecule is CC(Oc1ccc(F)cc1Br)C(=O)NC(C)C(C)CO. The molecule has 0 spiro atoms.